The molecule has 1 saturated heterocycles. The van der Waals surface area contributed by atoms with Gasteiger partial charge < -0.3 is 14.8 Å². The van der Waals surface area contributed by atoms with Gasteiger partial charge in [0.05, 0.1) is 6.10 Å². The number of benzene rings is 1. The minimum absolute atomic E-state index is 0.156. The number of aryl methyl sites for hydroxylation is 1. The van der Waals surface area contributed by atoms with Crippen molar-refractivity contribution in [2.45, 2.75) is 26.1 Å². The van der Waals surface area contributed by atoms with Crippen LogP contribution in [0.3, 0.4) is 0 Å². The standard InChI is InChI=1S/C13H19NO2/c1-10-5-3-4-6-13(10)15-9-12-8-14-7-11(2)16-12/h3-6,11-12,14H,7-9H2,1-2H3. The largest absolute Gasteiger partial charge is 0.491 e. The molecule has 1 aromatic carbocycles. The molecule has 88 valence electrons. The van der Waals surface area contributed by atoms with Crippen LogP contribution in [0.25, 0.3) is 0 Å². The van der Waals surface area contributed by atoms with Crippen LogP contribution in [-0.2, 0) is 4.74 Å². The van der Waals surface area contributed by atoms with Crippen molar-refractivity contribution in [2.75, 3.05) is 19.7 Å². The Morgan fingerprint density at radius 2 is 2.19 bits per heavy atom. The van der Waals surface area contributed by atoms with Crippen LogP contribution < -0.4 is 10.1 Å². The maximum Gasteiger partial charge on any atom is 0.122 e. The number of rotatable bonds is 3. The molecule has 0 bridgehead atoms. The van der Waals surface area contributed by atoms with Crippen LogP contribution in [-0.4, -0.2) is 31.9 Å². The van der Waals surface area contributed by atoms with E-state index >= 15 is 0 Å². The van der Waals surface area contributed by atoms with Crippen LogP contribution in [0.2, 0.25) is 0 Å². The monoisotopic (exact) mass is 221 g/mol. The lowest BCUT2D eigenvalue weighted by molar-refractivity contribution is -0.0471. The van der Waals surface area contributed by atoms with E-state index in [1.165, 1.54) is 5.56 Å². The van der Waals surface area contributed by atoms with Gasteiger partial charge in [0.15, 0.2) is 0 Å². The number of hydrogen-bond donors (Lipinski definition) is 1. The first kappa shape index (κ1) is 11.4. The highest BCUT2D eigenvalue weighted by molar-refractivity contribution is 5.31. The van der Waals surface area contributed by atoms with Gasteiger partial charge in [0, 0.05) is 13.1 Å². The minimum atomic E-state index is 0.156. The quantitative estimate of drug-likeness (QED) is 0.843. The third-order valence-corrected chi connectivity index (χ3v) is 2.75. The molecule has 0 amide bonds. The lowest BCUT2D eigenvalue weighted by Crippen LogP contribution is -2.45. The molecule has 1 aromatic rings. The number of nitrogens with one attached hydrogen (secondary N) is 1. The molecular formula is C13H19NO2. The van der Waals surface area contributed by atoms with Crippen LogP contribution in [0.15, 0.2) is 24.3 Å². The highest BCUT2D eigenvalue weighted by atomic mass is 16.5. The van der Waals surface area contributed by atoms with E-state index in [2.05, 4.69) is 25.2 Å². The van der Waals surface area contributed by atoms with Gasteiger partial charge in [-0.15, -0.1) is 0 Å². The zero-order chi connectivity index (χ0) is 11.4. The van der Waals surface area contributed by atoms with Gasteiger partial charge in [-0.25, -0.2) is 0 Å². The van der Waals surface area contributed by atoms with E-state index < -0.39 is 0 Å². The molecule has 0 spiro atoms. The molecular weight excluding hydrogens is 202 g/mol. The molecule has 1 aliphatic rings. The Bertz CT molecular complexity index is 340. The van der Waals surface area contributed by atoms with Crippen LogP contribution in [0.1, 0.15) is 12.5 Å². The van der Waals surface area contributed by atoms with E-state index in [9.17, 15) is 0 Å². The second-order valence-corrected chi connectivity index (χ2v) is 4.30. The lowest BCUT2D eigenvalue weighted by Gasteiger charge is -2.28. The maximum atomic E-state index is 5.76. The van der Waals surface area contributed by atoms with Crippen LogP contribution in [0.4, 0.5) is 0 Å². The Labute approximate surface area is 96.8 Å². The molecule has 3 heteroatoms. The van der Waals surface area contributed by atoms with Crippen molar-refractivity contribution in [1.82, 2.24) is 5.32 Å². The van der Waals surface area contributed by atoms with Crippen LogP contribution in [0.5, 0.6) is 5.75 Å². The minimum Gasteiger partial charge on any atom is -0.491 e. The van der Waals surface area contributed by atoms with Gasteiger partial charge in [-0.1, -0.05) is 18.2 Å². The summed E-state index contributed by atoms with van der Waals surface area (Å²) in [5.74, 6) is 0.948. The summed E-state index contributed by atoms with van der Waals surface area (Å²) in [7, 11) is 0. The fourth-order valence-electron chi connectivity index (χ4n) is 1.87. The SMILES string of the molecule is Cc1ccccc1OCC1CNCC(C)O1. The van der Waals surface area contributed by atoms with Crippen molar-refractivity contribution in [3.05, 3.63) is 29.8 Å². The average Bonchev–Trinajstić information content (AvgIpc) is 2.28. The predicted octanol–water partition coefficient (Wildman–Crippen LogP) is 1.75. The topological polar surface area (TPSA) is 30.5 Å². The first-order valence-corrected chi connectivity index (χ1v) is 5.80. The number of para-hydroxylation sites is 1. The van der Waals surface area contributed by atoms with Crippen molar-refractivity contribution in [3.8, 4) is 5.75 Å². The molecule has 0 saturated carbocycles. The summed E-state index contributed by atoms with van der Waals surface area (Å²) in [6.07, 6.45) is 0.433. The van der Waals surface area contributed by atoms with Crippen molar-refractivity contribution in [1.29, 1.82) is 0 Å². The Balaban J connectivity index is 1.85. The van der Waals surface area contributed by atoms with Crippen molar-refractivity contribution < 1.29 is 9.47 Å². The highest BCUT2D eigenvalue weighted by Gasteiger charge is 2.19. The van der Waals surface area contributed by atoms with Gasteiger partial charge in [0.25, 0.3) is 0 Å². The zero-order valence-corrected chi connectivity index (χ0v) is 9.90. The Morgan fingerprint density at radius 1 is 1.38 bits per heavy atom. The van der Waals surface area contributed by atoms with Crippen molar-refractivity contribution >= 4 is 0 Å². The molecule has 1 N–H and O–H groups in total. The summed E-state index contributed by atoms with van der Waals surface area (Å²) < 4.78 is 11.5. The maximum absolute atomic E-state index is 5.76. The summed E-state index contributed by atoms with van der Waals surface area (Å²) in [5, 5.41) is 3.33. The van der Waals surface area contributed by atoms with Gasteiger partial charge in [-0.2, -0.15) is 0 Å². The van der Waals surface area contributed by atoms with Crippen molar-refractivity contribution in [2.24, 2.45) is 0 Å². The molecule has 16 heavy (non-hydrogen) atoms. The summed E-state index contributed by atoms with van der Waals surface area (Å²) in [5.41, 5.74) is 1.17. The van der Waals surface area contributed by atoms with E-state index in [1.54, 1.807) is 0 Å². The lowest BCUT2D eigenvalue weighted by atomic mass is 10.2. The van der Waals surface area contributed by atoms with E-state index in [0.29, 0.717) is 6.61 Å². The van der Waals surface area contributed by atoms with Gasteiger partial charge in [-0.05, 0) is 25.5 Å². The number of hydrogen-bond acceptors (Lipinski definition) is 3. The normalized spacial score (nSPS) is 25.4. The van der Waals surface area contributed by atoms with Crippen LogP contribution in [0, 0.1) is 6.92 Å². The second kappa shape index (κ2) is 5.32. The third kappa shape index (κ3) is 2.97. The number of morpholine rings is 1. The first-order chi connectivity index (χ1) is 7.75. The molecule has 2 unspecified atom stereocenters. The molecule has 0 radical (unpaired) electrons. The van der Waals surface area contributed by atoms with Crippen molar-refractivity contribution in [3.63, 3.8) is 0 Å². The molecule has 2 atom stereocenters. The fraction of sp³-hybridized carbons (Fsp3) is 0.538. The van der Waals surface area contributed by atoms with E-state index in [1.807, 2.05) is 18.2 Å². The summed E-state index contributed by atoms with van der Waals surface area (Å²) >= 11 is 0. The van der Waals surface area contributed by atoms with E-state index in [0.717, 1.165) is 18.8 Å². The molecule has 2 rings (SSSR count). The molecule has 1 heterocycles. The Kier molecular flexibility index (Phi) is 3.80. The summed E-state index contributed by atoms with van der Waals surface area (Å²) in [6.45, 7) is 6.55. The zero-order valence-electron chi connectivity index (χ0n) is 9.90. The van der Waals surface area contributed by atoms with Gasteiger partial charge >= 0.3 is 0 Å². The fourth-order valence-corrected chi connectivity index (χ4v) is 1.87. The van der Waals surface area contributed by atoms with Gasteiger partial charge in [0.2, 0.25) is 0 Å². The second-order valence-electron chi connectivity index (χ2n) is 4.30. The smallest absolute Gasteiger partial charge is 0.122 e. The predicted molar refractivity (Wildman–Crippen MR) is 63.9 cm³/mol. The first-order valence-electron chi connectivity index (χ1n) is 5.80. The molecule has 1 fully saturated rings. The molecule has 0 aliphatic carbocycles. The average molecular weight is 221 g/mol. The number of ether oxygens (including phenoxy) is 2. The molecule has 1 aliphatic heterocycles. The van der Waals surface area contributed by atoms with E-state index in [4.69, 9.17) is 9.47 Å². The summed E-state index contributed by atoms with van der Waals surface area (Å²) in [6, 6.07) is 8.06. The van der Waals surface area contributed by atoms with Gasteiger partial charge in [0.1, 0.15) is 18.5 Å². The molecule has 0 aromatic heterocycles. The molecule has 3 nitrogen and oxygen atoms in total. The highest BCUT2D eigenvalue weighted by Crippen LogP contribution is 2.17. The summed E-state index contributed by atoms with van der Waals surface area (Å²) in [4.78, 5) is 0. The van der Waals surface area contributed by atoms with E-state index in [-0.39, 0.29) is 12.2 Å². The van der Waals surface area contributed by atoms with Crippen LogP contribution >= 0.6 is 0 Å². The Hall–Kier alpha value is -1.06. The third-order valence-electron chi connectivity index (χ3n) is 2.75. The Morgan fingerprint density at radius 3 is 2.94 bits per heavy atom. The van der Waals surface area contributed by atoms with Gasteiger partial charge in [-0.3, -0.25) is 0 Å².